The lowest BCUT2D eigenvalue weighted by Gasteiger charge is -2.29. The summed E-state index contributed by atoms with van der Waals surface area (Å²) in [6, 6.07) is 4.56. The highest BCUT2D eigenvalue weighted by Gasteiger charge is 2.15. The van der Waals surface area contributed by atoms with Crippen molar-refractivity contribution in [2.24, 2.45) is 0 Å². The Morgan fingerprint density at radius 2 is 2.12 bits per heavy atom. The van der Waals surface area contributed by atoms with E-state index < -0.39 is 11.8 Å². The molecular formula is C13H18FNO2. The van der Waals surface area contributed by atoms with Crippen LogP contribution in [-0.2, 0) is 0 Å². The number of nitrogens with zero attached hydrogens (tertiary/aromatic N) is 1. The lowest BCUT2D eigenvalue weighted by Crippen LogP contribution is -2.32. The maximum absolute atomic E-state index is 13.6. The molecule has 17 heavy (non-hydrogen) atoms. The Morgan fingerprint density at radius 3 is 2.53 bits per heavy atom. The fourth-order valence-electron chi connectivity index (χ4n) is 1.83. The summed E-state index contributed by atoms with van der Waals surface area (Å²) in [5.41, 5.74) is 0.443. The summed E-state index contributed by atoms with van der Waals surface area (Å²) in [5, 5.41) is 8.75. The minimum absolute atomic E-state index is 0.283. The van der Waals surface area contributed by atoms with Crippen molar-refractivity contribution in [2.45, 2.75) is 33.2 Å². The molecule has 94 valence electrons. The first-order valence-electron chi connectivity index (χ1n) is 5.80. The molecule has 0 aliphatic rings. The zero-order valence-electron chi connectivity index (χ0n) is 10.4. The third kappa shape index (κ3) is 2.96. The van der Waals surface area contributed by atoms with Crippen molar-refractivity contribution in [3.8, 4) is 0 Å². The number of aromatic carboxylic acids is 1. The third-order valence-corrected chi connectivity index (χ3v) is 2.98. The van der Waals surface area contributed by atoms with Crippen molar-refractivity contribution < 1.29 is 14.3 Å². The molecule has 1 N–H and O–H groups in total. The molecule has 0 aliphatic carbocycles. The van der Waals surface area contributed by atoms with Gasteiger partial charge in [0.1, 0.15) is 5.82 Å². The lowest BCUT2D eigenvalue weighted by atomic mass is 10.1. The summed E-state index contributed by atoms with van der Waals surface area (Å²) in [4.78, 5) is 12.8. The quantitative estimate of drug-likeness (QED) is 0.858. The smallest absolute Gasteiger partial charge is 0.338 e. The van der Waals surface area contributed by atoms with Gasteiger partial charge in [-0.3, -0.25) is 0 Å². The normalized spacial score (nSPS) is 12.2. The van der Waals surface area contributed by atoms with E-state index in [0.717, 1.165) is 18.7 Å². The number of anilines is 1. The van der Waals surface area contributed by atoms with E-state index in [9.17, 15) is 9.18 Å². The number of benzene rings is 1. The van der Waals surface area contributed by atoms with Gasteiger partial charge in [0, 0.05) is 18.3 Å². The topological polar surface area (TPSA) is 40.5 Å². The third-order valence-electron chi connectivity index (χ3n) is 2.98. The van der Waals surface area contributed by atoms with Crippen molar-refractivity contribution in [1.29, 1.82) is 0 Å². The summed E-state index contributed by atoms with van der Waals surface area (Å²) in [6.45, 7) is 6.89. The number of hydrogen-bond acceptors (Lipinski definition) is 2. The van der Waals surface area contributed by atoms with Crippen LogP contribution in [0.3, 0.4) is 0 Å². The number of rotatable bonds is 5. The minimum atomic E-state index is -1.24. The number of carboxylic acid groups (broad SMARTS) is 1. The fraction of sp³-hybridized carbons (Fsp3) is 0.462. The Kier molecular flexibility index (Phi) is 4.49. The molecule has 1 unspecified atom stereocenters. The summed E-state index contributed by atoms with van der Waals surface area (Å²) in [7, 11) is 0. The van der Waals surface area contributed by atoms with Gasteiger partial charge in [-0.25, -0.2) is 9.18 Å². The van der Waals surface area contributed by atoms with Gasteiger partial charge in [0.2, 0.25) is 0 Å². The standard InChI is InChI=1S/C13H18FNO2/c1-4-9(3)15(5-2)10-6-7-11(13(16)17)12(14)8-10/h6-9H,4-5H2,1-3H3,(H,16,17). The maximum atomic E-state index is 13.6. The van der Waals surface area contributed by atoms with E-state index in [4.69, 9.17) is 5.11 Å². The van der Waals surface area contributed by atoms with Gasteiger partial charge in [0.25, 0.3) is 0 Å². The van der Waals surface area contributed by atoms with Crippen LogP contribution in [0, 0.1) is 5.82 Å². The van der Waals surface area contributed by atoms with E-state index in [-0.39, 0.29) is 5.56 Å². The van der Waals surface area contributed by atoms with Gasteiger partial charge in [0.15, 0.2) is 0 Å². The Bertz CT molecular complexity index is 406. The average Bonchev–Trinajstić information content (AvgIpc) is 2.29. The van der Waals surface area contributed by atoms with E-state index in [2.05, 4.69) is 18.7 Å². The number of carbonyl (C=O) groups is 1. The molecular weight excluding hydrogens is 221 g/mol. The molecule has 0 spiro atoms. The minimum Gasteiger partial charge on any atom is -0.478 e. The molecule has 3 nitrogen and oxygen atoms in total. The predicted octanol–water partition coefficient (Wildman–Crippen LogP) is 3.15. The molecule has 0 saturated heterocycles. The van der Waals surface area contributed by atoms with Crippen LogP contribution in [0.2, 0.25) is 0 Å². The molecule has 0 bridgehead atoms. The first-order valence-corrected chi connectivity index (χ1v) is 5.80. The molecule has 4 heteroatoms. The molecule has 0 heterocycles. The van der Waals surface area contributed by atoms with E-state index in [0.29, 0.717) is 6.04 Å². The van der Waals surface area contributed by atoms with Gasteiger partial charge < -0.3 is 10.0 Å². The summed E-state index contributed by atoms with van der Waals surface area (Å²) in [5.74, 6) is -1.92. The van der Waals surface area contributed by atoms with E-state index in [1.165, 1.54) is 12.1 Å². The van der Waals surface area contributed by atoms with E-state index in [1.807, 2.05) is 6.92 Å². The van der Waals surface area contributed by atoms with Crippen molar-refractivity contribution in [1.82, 2.24) is 0 Å². The molecule has 0 aliphatic heterocycles. The largest absolute Gasteiger partial charge is 0.478 e. The van der Waals surface area contributed by atoms with Crippen LogP contribution < -0.4 is 4.90 Å². The molecule has 1 aromatic carbocycles. The van der Waals surface area contributed by atoms with Crippen LogP contribution in [0.1, 0.15) is 37.6 Å². The fourth-order valence-corrected chi connectivity index (χ4v) is 1.83. The van der Waals surface area contributed by atoms with Crippen LogP contribution in [0.25, 0.3) is 0 Å². The molecule has 1 aromatic rings. The van der Waals surface area contributed by atoms with Gasteiger partial charge in [-0.15, -0.1) is 0 Å². The first kappa shape index (κ1) is 13.5. The maximum Gasteiger partial charge on any atom is 0.338 e. The van der Waals surface area contributed by atoms with E-state index >= 15 is 0 Å². The van der Waals surface area contributed by atoms with Gasteiger partial charge in [-0.2, -0.15) is 0 Å². The van der Waals surface area contributed by atoms with Crippen molar-refractivity contribution in [2.75, 3.05) is 11.4 Å². The van der Waals surface area contributed by atoms with Crippen LogP contribution in [0.5, 0.6) is 0 Å². The Hall–Kier alpha value is -1.58. The van der Waals surface area contributed by atoms with Gasteiger partial charge in [-0.05, 0) is 38.5 Å². The van der Waals surface area contributed by atoms with Crippen molar-refractivity contribution in [3.63, 3.8) is 0 Å². The SMILES string of the molecule is CCC(C)N(CC)c1ccc(C(=O)O)c(F)c1. The highest BCUT2D eigenvalue weighted by molar-refractivity contribution is 5.88. The van der Waals surface area contributed by atoms with E-state index in [1.54, 1.807) is 6.07 Å². The number of hydrogen-bond donors (Lipinski definition) is 1. The summed E-state index contributed by atoms with van der Waals surface area (Å²) in [6.07, 6.45) is 0.955. The first-order chi connectivity index (χ1) is 8.01. The molecule has 1 rings (SSSR count). The molecule has 0 saturated carbocycles. The Morgan fingerprint density at radius 1 is 1.47 bits per heavy atom. The molecule has 0 radical (unpaired) electrons. The van der Waals surface area contributed by atoms with Crippen LogP contribution >= 0.6 is 0 Å². The summed E-state index contributed by atoms with van der Waals surface area (Å²) >= 11 is 0. The molecule has 0 amide bonds. The van der Waals surface area contributed by atoms with Gasteiger partial charge >= 0.3 is 5.97 Å². The number of carboxylic acids is 1. The van der Waals surface area contributed by atoms with Gasteiger partial charge in [0.05, 0.1) is 5.56 Å². The van der Waals surface area contributed by atoms with Crippen LogP contribution in [0.4, 0.5) is 10.1 Å². The second-order valence-corrected chi connectivity index (χ2v) is 4.01. The lowest BCUT2D eigenvalue weighted by molar-refractivity contribution is 0.0692. The second kappa shape index (κ2) is 5.66. The van der Waals surface area contributed by atoms with Crippen molar-refractivity contribution in [3.05, 3.63) is 29.6 Å². The predicted molar refractivity (Wildman–Crippen MR) is 66.1 cm³/mol. The molecule has 1 atom stereocenters. The highest BCUT2D eigenvalue weighted by atomic mass is 19.1. The monoisotopic (exact) mass is 239 g/mol. The average molecular weight is 239 g/mol. The summed E-state index contributed by atoms with van der Waals surface area (Å²) < 4.78 is 13.6. The van der Waals surface area contributed by atoms with Gasteiger partial charge in [-0.1, -0.05) is 6.92 Å². The molecule has 0 fully saturated rings. The number of halogens is 1. The van der Waals surface area contributed by atoms with Crippen molar-refractivity contribution >= 4 is 11.7 Å². The Balaban J connectivity index is 3.07. The zero-order chi connectivity index (χ0) is 13.0. The second-order valence-electron chi connectivity index (χ2n) is 4.01. The Labute approximate surface area is 101 Å². The van der Waals surface area contributed by atoms with Crippen LogP contribution in [0.15, 0.2) is 18.2 Å². The zero-order valence-corrected chi connectivity index (χ0v) is 10.4. The highest BCUT2D eigenvalue weighted by Crippen LogP contribution is 2.21. The van der Waals surface area contributed by atoms with Crippen LogP contribution in [-0.4, -0.2) is 23.7 Å². The molecule has 0 aromatic heterocycles.